The minimum atomic E-state index is -0.329. The molecule has 0 spiro atoms. The van der Waals surface area contributed by atoms with Gasteiger partial charge in [0.25, 0.3) is 0 Å². The van der Waals surface area contributed by atoms with Gasteiger partial charge in [-0.2, -0.15) is 0 Å². The van der Waals surface area contributed by atoms with Crippen molar-refractivity contribution in [3.05, 3.63) is 23.8 Å². The molecule has 4 heteroatoms. The van der Waals surface area contributed by atoms with Crippen LogP contribution in [0.1, 0.15) is 44.0 Å². The normalized spacial score (nSPS) is 10.4. The lowest BCUT2D eigenvalue weighted by molar-refractivity contribution is 0.0499. The quantitative estimate of drug-likeness (QED) is 0.560. The average molecular weight is 266 g/mol. The van der Waals surface area contributed by atoms with Crippen LogP contribution in [0.25, 0.3) is 0 Å². The summed E-state index contributed by atoms with van der Waals surface area (Å²) in [5.74, 6) is 0.839. The molecule has 0 amide bonds. The number of methoxy groups -OCH3 is 1. The Morgan fingerprint density at radius 1 is 1.26 bits per heavy atom. The number of hydrogen-bond acceptors (Lipinski definition) is 4. The van der Waals surface area contributed by atoms with Crippen LogP contribution in [0, 0.1) is 0 Å². The van der Waals surface area contributed by atoms with E-state index >= 15 is 0 Å². The zero-order valence-corrected chi connectivity index (χ0v) is 12.1. The molecule has 0 heterocycles. The summed E-state index contributed by atoms with van der Waals surface area (Å²) in [7, 11) is 1.57. The predicted octanol–water partition coefficient (Wildman–Crippen LogP) is 3.44. The SMILES string of the molecule is CCCCOC(=O)c1ccc(OC)c(OC(C)C)c1. The van der Waals surface area contributed by atoms with Crippen molar-refractivity contribution in [3.63, 3.8) is 0 Å². The van der Waals surface area contributed by atoms with Crippen LogP contribution >= 0.6 is 0 Å². The maximum atomic E-state index is 11.8. The first-order valence-corrected chi connectivity index (χ1v) is 6.60. The molecule has 0 fully saturated rings. The summed E-state index contributed by atoms with van der Waals surface area (Å²) in [6.07, 6.45) is 1.88. The lowest BCUT2D eigenvalue weighted by atomic mass is 10.2. The molecule has 19 heavy (non-hydrogen) atoms. The average Bonchev–Trinajstić information content (AvgIpc) is 2.38. The Labute approximate surface area is 114 Å². The first kappa shape index (κ1) is 15.3. The Kier molecular flexibility index (Phi) is 6.19. The van der Waals surface area contributed by atoms with Gasteiger partial charge < -0.3 is 14.2 Å². The van der Waals surface area contributed by atoms with Gasteiger partial charge in [0.2, 0.25) is 0 Å². The molecule has 0 aromatic heterocycles. The second-order valence-corrected chi connectivity index (χ2v) is 4.52. The van der Waals surface area contributed by atoms with E-state index in [9.17, 15) is 4.79 Å². The molecule has 106 valence electrons. The first-order valence-electron chi connectivity index (χ1n) is 6.60. The van der Waals surface area contributed by atoms with Crippen LogP contribution in [0.15, 0.2) is 18.2 Å². The highest BCUT2D eigenvalue weighted by Gasteiger charge is 2.13. The number of benzene rings is 1. The fourth-order valence-electron chi connectivity index (χ4n) is 1.54. The van der Waals surface area contributed by atoms with Gasteiger partial charge in [0.05, 0.1) is 25.4 Å². The van der Waals surface area contributed by atoms with Gasteiger partial charge in [-0.3, -0.25) is 0 Å². The van der Waals surface area contributed by atoms with Crippen LogP contribution in [0.5, 0.6) is 11.5 Å². The van der Waals surface area contributed by atoms with E-state index in [0.717, 1.165) is 12.8 Å². The van der Waals surface area contributed by atoms with Crippen LogP contribution < -0.4 is 9.47 Å². The molecule has 1 aromatic rings. The van der Waals surface area contributed by atoms with Crippen molar-refractivity contribution < 1.29 is 19.0 Å². The Morgan fingerprint density at radius 3 is 2.58 bits per heavy atom. The van der Waals surface area contributed by atoms with Crippen molar-refractivity contribution in [3.8, 4) is 11.5 Å². The monoisotopic (exact) mass is 266 g/mol. The predicted molar refractivity (Wildman–Crippen MR) is 73.9 cm³/mol. The Hall–Kier alpha value is -1.71. The summed E-state index contributed by atoms with van der Waals surface area (Å²) < 4.78 is 16.0. The summed E-state index contributed by atoms with van der Waals surface area (Å²) in [5, 5.41) is 0. The topological polar surface area (TPSA) is 44.8 Å². The van der Waals surface area contributed by atoms with E-state index in [0.29, 0.717) is 23.7 Å². The lowest BCUT2D eigenvalue weighted by Gasteiger charge is -2.14. The molecule has 1 aromatic carbocycles. The molecule has 0 N–H and O–H groups in total. The van der Waals surface area contributed by atoms with Gasteiger partial charge >= 0.3 is 5.97 Å². The number of carbonyl (C=O) groups is 1. The van der Waals surface area contributed by atoms with E-state index in [1.807, 2.05) is 13.8 Å². The molecule has 0 radical (unpaired) electrons. The third-order valence-corrected chi connectivity index (χ3v) is 2.49. The molecule has 0 saturated heterocycles. The van der Waals surface area contributed by atoms with Crippen molar-refractivity contribution >= 4 is 5.97 Å². The molecular weight excluding hydrogens is 244 g/mol. The van der Waals surface area contributed by atoms with Crippen molar-refractivity contribution in [2.45, 2.75) is 39.7 Å². The Morgan fingerprint density at radius 2 is 2.00 bits per heavy atom. The van der Waals surface area contributed by atoms with Crippen molar-refractivity contribution in [1.82, 2.24) is 0 Å². The van der Waals surface area contributed by atoms with Gasteiger partial charge in [-0.05, 0) is 38.5 Å². The molecule has 0 saturated carbocycles. The van der Waals surface area contributed by atoms with Crippen LogP contribution in [-0.2, 0) is 4.74 Å². The van der Waals surface area contributed by atoms with Crippen molar-refractivity contribution in [2.24, 2.45) is 0 Å². The fraction of sp³-hybridized carbons (Fsp3) is 0.533. The van der Waals surface area contributed by atoms with E-state index in [-0.39, 0.29) is 12.1 Å². The molecule has 0 bridgehead atoms. The number of carbonyl (C=O) groups excluding carboxylic acids is 1. The van der Waals surface area contributed by atoms with Crippen LogP contribution in [0.2, 0.25) is 0 Å². The molecule has 0 aliphatic rings. The molecule has 0 atom stereocenters. The van der Waals surface area contributed by atoms with Crippen LogP contribution in [0.4, 0.5) is 0 Å². The molecule has 0 unspecified atom stereocenters. The highest BCUT2D eigenvalue weighted by atomic mass is 16.5. The number of hydrogen-bond donors (Lipinski definition) is 0. The number of ether oxygens (including phenoxy) is 3. The van der Waals surface area contributed by atoms with Crippen LogP contribution in [0.3, 0.4) is 0 Å². The van der Waals surface area contributed by atoms with E-state index in [2.05, 4.69) is 6.92 Å². The van der Waals surface area contributed by atoms with Gasteiger partial charge in [0.1, 0.15) is 0 Å². The van der Waals surface area contributed by atoms with Crippen molar-refractivity contribution in [1.29, 1.82) is 0 Å². The van der Waals surface area contributed by atoms with Gasteiger partial charge in [0.15, 0.2) is 11.5 Å². The van der Waals surface area contributed by atoms with E-state index in [4.69, 9.17) is 14.2 Å². The van der Waals surface area contributed by atoms with Crippen LogP contribution in [-0.4, -0.2) is 25.8 Å². The van der Waals surface area contributed by atoms with E-state index < -0.39 is 0 Å². The Bertz CT molecular complexity index is 413. The molecule has 0 aliphatic carbocycles. The van der Waals surface area contributed by atoms with Crippen molar-refractivity contribution in [2.75, 3.05) is 13.7 Å². The number of esters is 1. The Balaban J connectivity index is 2.81. The van der Waals surface area contributed by atoms with Gasteiger partial charge in [-0.25, -0.2) is 4.79 Å². The van der Waals surface area contributed by atoms with Gasteiger partial charge in [-0.1, -0.05) is 13.3 Å². The first-order chi connectivity index (χ1) is 9.08. The lowest BCUT2D eigenvalue weighted by Crippen LogP contribution is -2.10. The summed E-state index contributed by atoms with van der Waals surface area (Å²) in [5.41, 5.74) is 0.479. The third-order valence-electron chi connectivity index (χ3n) is 2.49. The number of rotatable bonds is 7. The summed E-state index contributed by atoms with van der Waals surface area (Å²) >= 11 is 0. The zero-order chi connectivity index (χ0) is 14.3. The molecular formula is C15H22O4. The van der Waals surface area contributed by atoms with E-state index in [1.165, 1.54) is 0 Å². The second-order valence-electron chi connectivity index (χ2n) is 4.52. The second kappa shape index (κ2) is 7.67. The van der Waals surface area contributed by atoms with Gasteiger partial charge in [0, 0.05) is 0 Å². The summed E-state index contributed by atoms with van der Waals surface area (Å²) in [4.78, 5) is 11.8. The highest BCUT2D eigenvalue weighted by Crippen LogP contribution is 2.29. The smallest absolute Gasteiger partial charge is 0.338 e. The standard InChI is InChI=1S/C15H22O4/c1-5-6-9-18-15(16)12-7-8-13(17-4)14(10-12)19-11(2)3/h7-8,10-11H,5-6,9H2,1-4H3. The summed E-state index contributed by atoms with van der Waals surface area (Å²) in [6, 6.07) is 5.06. The third kappa shape index (κ3) is 4.81. The maximum Gasteiger partial charge on any atom is 0.338 e. The largest absolute Gasteiger partial charge is 0.493 e. The number of unbranched alkanes of at least 4 members (excludes halogenated alkanes) is 1. The van der Waals surface area contributed by atoms with Gasteiger partial charge in [-0.15, -0.1) is 0 Å². The molecule has 4 nitrogen and oxygen atoms in total. The highest BCUT2D eigenvalue weighted by molar-refractivity contribution is 5.90. The summed E-state index contributed by atoms with van der Waals surface area (Å²) in [6.45, 7) is 6.34. The minimum absolute atomic E-state index is 0.0141. The fourth-order valence-corrected chi connectivity index (χ4v) is 1.54. The minimum Gasteiger partial charge on any atom is -0.493 e. The molecule has 0 aliphatic heterocycles. The molecule has 1 rings (SSSR count). The zero-order valence-electron chi connectivity index (χ0n) is 12.1. The maximum absolute atomic E-state index is 11.8. The van der Waals surface area contributed by atoms with E-state index in [1.54, 1.807) is 25.3 Å².